The van der Waals surface area contributed by atoms with Crippen molar-refractivity contribution in [3.8, 4) is 17.1 Å². The number of carbonyl (C=O) groups excluding carboxylic acids is 3. The van der Waals surface area contributed by atoms with Crippen LogP contribution >= 0.6 is 12.6 Å². The molecule has 0 aliphatic carbocycles. The molecule has 1 amide bonds. The van der Waals surface area contributed by atoms with E-state index >= 15 is 0 Å². The number of hydrogen-bond donors (Lipinski definition) is 1. The summed E-state index contributed by atoms with van der Waals surface area (Å²) >= 11 is 4.01. The number of rotatable bonds is 6. The Morgan fingerprint density at radius 2 is 1.81 bits per heavy atom. The van der Waals surface area contributed by atoms with Gasteiger partial charge in [0.25, 0.3) is 5.56 Å². The van der Waals surface area contributed by atoms with Crippen molar-refractivity contribution in [1.29, 1.82) is 0 Å². The summed E-state index contributed by atoms with van der Waals surface area (Å²) in [5, 5.41) is 0.857. The number of amides is 1. The van der Waals surface area contributed by atoms with E-state index in [-0.39, 0.29) is 36.0 Å². The van der Waals surface area contributed by atoms with Gasteiger partial charge in [-0.3, -0.25) is 9.59 Å². The number of nitrogens with zero attached hydrogens (tertiary/aromatic N) is 4. The fraction of sp³-hybridized carbons (Fsp3) is 0.514. The van der Waals surface area contributed by atoms with Crippen molar-refractivity contribution >= 4 is 41.6 Å². The molecular weight excluding hydrogens is 620 g/mol. The molecule has 47 heavy (non-hydrogen) atoms. The summed E-state index contributed by atoms with van der Waals surface area (Å²) in [6.07, 6.45) is 6.17. The van der Waals surface area contributed by atoms with E-state index in [2.05, 4.69) is 17.5 Å². The quantitative estimate of drug-likeness (QED) is 0.234. The van der Waals surface area contributed by atoms with Gasteiger partial charge < -0.3 is 28.6 Å². The average molecular weight is 661 g/mol. The Hall–Kier alpha value is -3.90. The Kier molecular flexibility index (Phi) is 8.50. The van der Waals surface area contributed by atoms with Crippen LogP contribution in [0.4, 0.5) is 4.79 Å². The molecule has 0 saturated carbocycles. The molecule has 6 heterocycles. The van der Waals surface area contributed by atoms with Gasteiger partial charge >= 0.3 is 18.0 Å². The van der Waals surface area contributed by atoms with E-state index in [0.717, 1.165) is 42.4 Å². The second-order valence-electron chi connectivity index (χ2n) is 12.8. The van der Waals surface area contributed by atoms with Crippen LogP contribution in [-0.4, -0.2) is 75.4 Å². The molecule has 12 heteroatoms. The highest BCUT2D eigenvalue weighted by atomic mass is 32.1. The number of hydrogen-bond acceptors (Lipinski definition) is 10. The summed E-state index contributed by atoms with van der Waals surface area (Å²) in [7, 11) is 0. The van der Waals surface area contributed by atoms with E-state index in [1.165, 1.54) is 19.3 Å². The maximum atomic E-state index is 13.9. The third-order valence-electron chi connectivity index (χ3n) is 10.4. The van der Waals surface area contributed by atoms with Crippen LogP contribution in [0, 0.1) is 0 Å². The molecule has 248 valence electrons. The Morgan fingerprint density at radius 1 is 1.04 bits per heavy atom. The van der Waals surface area contributed by atoms with Crippen LogP contribution in [0.1, 0.15) is 74.6 Å². The van der Waals surface area contributed by atoms with Gasteiger partial charge in [-0.1, -0.05) is 20.3 Å². The Labute approximate surface area is 278 Å². The number of aryl methyl sites for hydroxylation is 1. The molecule has 7 rings (SSSR count). The van der Waals surface area contributed by atoms with E-state index in [1.807, 2.05) is 19.1 Å². The molecule has 0 spiro atoms. The highest BCUT2D eigenvalue weighted by molar-refractivity contribution is 7.81. The number of likely N-dealkylation sites (tertiary alicyclic amines) is 2. The summed E-state index contributed by atoms with van der Waals surface area (Å²) in [6.45, 7) is 7.53. The van der Waals surface area contributed by atoms with Gasteiger partial charge in [0.1, 0.15) is 12.4 Å². The number of ether oxygens (including phenoxy) is 3. The first kappa shape index (κ1) is 31.7. The maximum Gasteiger partial charge on any atom is 0.415 e. The first-order valence-electron chi connectivity index (χ1n) is 16.7. The molecule has 3 aromatic rings. The number of aromatic nitrogens is 2. The third kappa shape index (κ3) is 5.39. The molecule has 11 nitrogen and oxygen atoms in total. The molecule has 4 aliphatic rings. The molecule has 2 aromatic heterocycles. The first-order chi connectivity index (χ1) is 22.8. The average Bonchev–Trinajstić information content (AvgIpc) is 3.47. The van der Waals surface area contributed by atoms with Crippen LogP contribution in [0.3, 0.4) is 0 Å². The van der Waals surface area contributed by atoms with Crippen LogP contribution in [-0.2, 0) is 44.2 Å². The molecule has 2 fully saturated rings. The highest BCUT2D eigenvalue weighted by Gasteiger charge is 2.50. The number of piperidine rings is 2. The van der Waals surface area contributed by atoms with Crippen molar-refractivity contribution in [3.63, 3.8) is 0 Å². The summed E-state index contributed by atoms with van der Waals surface area (Å²) in [6, 6.07) is 7.74. The first-order valence-corrected chi connectivity index (χ1v) is 17.3. The number of thiol groups is 1. The normalized spacial score (nSPS) is 21.2. The van der Waals surface area contributed by atoms with E-state index < -0.39 is 17.5 Å². The molecule has 0 N–H and O–H groups in total. The van der Waals surface area contributed by atoms with Gasteiger partial charge in [0.2, 0.25) is 5.60 Å². The van der Waals surface area contributed by atoms with Gasteiger partial charge in [0.15, 0.2) is 0 Å². The summed E-state index contributed by atoms with van der Waals surface area (Å²) < 4.78 is 18.6. The van der Waals surface area contributed by atoms with Crippen LogP contribution < -0.4 is 10.3 Å². The monoisotopic (exact) mass is 660 g/mol. The standard InChI is InChI=1S/C35H40N4O7S/c1-3-23-24-16-22(45-34(43)38-14-10-21(11-15-38)37-12-6-5-7-13-37)8-9-28(24)36-31-25(23)18-39-29(31)17-27-26(32(39)41)19-44-33(42)35(27,4-2)46-30(40)20-47/h8-9,16-17,21,47H,3-7,10-15,18-20H2,1-2H3/t35-/m0/s1. The van der Waals surface area contributed by atoms with Gasteiger partial charge in [-0.25, -0.2) is 14.6 Å². The molecule has 0 radical (unpaired) electrons. The number of esters is 2. The van der Waals surface area contributed by atoms with Gasteiger partial charge in [-0.05, 0) is 81.4 Å². The Morgan fingerprint density at radius 3 is 2.51 bits per heavy atom. The minimum Gasteiger partial charge on any atom is -0.457 e. The zero-order valence-corrected chi connectivity index (χ0v) is 27.8. The second kappa shape index (κ2) is 12.6. The summed E-state index contributed by atoms with van der Waals surface area (Å²) in [5.74, 6) is -1.16. The molecule has 0 unspecified atom stereocenters. The van der Waals surface area contributed by atoms with Crippen LogP contribution in [0.5, 0.6) is 5.75 Å². The fourth-order valence-corrected chi connectivity index (χ4v) is 7.92. The second-order valence-corrected chi connectivity index (χ2v) is 13.2. The van der Waals surface area contributed by atoms with Crippen molar-refractivity contribution in [2.45, 2.75) is 83.6 Å². The topological polar surface area (TPSA) is 120 Å². The van der Waals surface area contributed by atoms with E-state index in [4.69, 9.17) is 19.2 Å². The lowest BCUT2D eigenvalue weighted by molar-refractivity contribution is -0.187. The van der Waals surface area contributed by atoms with Gasteiger partial charge in [0.05, 0.1) is 34.8 Å². The molecule has 4 aliphatic heterocycles. The smallest absolute Gasteiger partial charge is 0.415 e. The molecule has 1 aromatic carbocycles. The van der Waals surface area contributed by atoms with Gasteiger partial charge in [-0.2, -0.15) is 12.6 Å². The van der Waals surface area contributed by atoms with Crippen LogP contribution in [0.25, 0.3) is 22.3 Å². The van der Waals surface area contributed by atoms with Crippen LogP contribution in [0.2, 0.25) is 0 Å². The lowest BCUT2D eigenvalue weighted by atomic mass is 9.85. The SMILES string of the molecule is CCc1c2c(nc3ccc(OC(=O)N4CCC(N5CCCCC5)CC4)cc13)-c1cc3c(c(=O)n1C2)COC(=O)[C@@]3(CC)OC(=O)CS. The van der Waals surface area contributed by atoms with Gasteiger partial charge in [0, 0.05) is 35.6 Å². The van der Waals surface area contributed by atoms with Crippen molar-refractivity contribution in [2.24, 2.45) is 0 Å². The molecular formula is C35H40N4O7S. The van der Waals surface area contributed by atoms with Crippen molar-refractivity contribution in [1.82, 2.24) is 19.4 Å². The number of fused-ring (bicyclic) bond motifs is 5. The summed E-state index contributed by atoms with van der Waals surface area (Å²) in [5.41, 5.74) is 2.35. The van der Waals surface area contributed by atoms with E-state index in [0.29, 0.717) is 60.3 Å². The number of carbonyl (C=O) groups is 3. The number of benzene rings is 1. The molecule has 0 bridgehead atoms. The van der Waals surface area contributed by atoms with Crippen molar-refractivity contribution in [3.05, 3.63) is 56.9 Å². The number of cyclic esters (lactones) is 1. The zero-order chi connectivity index (χ0) is 32.9. The summed E-state index contributed by atoms with van der Waals surface area (Å²) in [4.78, 5) is 61.9. The predicted molar refractivity (Wildman–Crippen MR) is 178 cm³/mol. The minimum atomic E-state index is -1.74. The fourth-order valence-electron chi connectivity index (χ4n) is 7.85. The number of pyridine rings is 2. The third-order valence-corrected chi connectivity index (χ3v) is 10.6. The van der Waals surface area contributed by atoms with Gasteiger partial charge in [-0.15, -0.1) is 0 Å². The highest BCUT2D eigenvalue weighted by Crippen LogP contribution is 2.42. The zero-order valence-electron chi connectivity index (χ0n) is 26.9. The maximum absolute atomic E-state index is 13.9. The largest absolute Gasteiger partial charge is 0.457 e. The van der Waals surface area contributed by atoms with E-state index in [9.17, 15) is 19.2 Å². The lowest BCUT2D eigenvalue weighted by Gasteiger charge is -2.39. The molecule has 1 atom stereocenters. The predicted octanol–water partition coefficient (Wildman–Crippen LogP) is 4.57. The minimum absolute atomic E-state index is 0.0947. The van der Waals surface area contributed by atoms with Crippen LogP contribution in [0.15, 0.2) is 29.1 Å². The van der Waals surface area contributed by atoms with Crippen molar-refractivity contribution in [2.75, 3.05) is 31.9 Å². The van der Waals surface area contributed by atoms with Crippen molar-refractivity contribution < 1.29 is 28.6 Å². The Bertz CT molecular complexity index is 1830. The molecule has 2 saturated heterocycles. The Balaban J connectivity index is 1.18. The van der Waals surface area contributed by atoms with E-state index in [1.54, 1.807) is 28.5 Å². The lowest BCUT2D eigenvalue weighted by Crippen LogP contribution is -2.48.